The molecule has 0 radical (unpaired) electrons. The molecule has 0 amide bonds. The molecule has 7 heteroatoms. The summed E-state index contributed by atoms with van der Waals surface area (Å²) in [6.45, 7) is 4.09. The largest absolute Gasteiger partial charge is 0.269 e. The van der Waals surface area contributed by atoms with Crippen molar-refractivity contribution in [2.24, 2.45) is 0 Å². The molecular weight excluding hydrogens is 264 g/mol. The predicted molar refractivity (Wildman–Crippen MR) is 70.9 cm³/mol. The minimum Gasteiger partial charge on any atom is -0.269 e. The lowest BCUT2D eigenvalue weighted by molar-refractivity contribution is 0.531. The van der Waals surface area contributed by atoms with Gasteiger partial charge in [-0.05, 0) is 25.5 Å². The third-order valence-corrected chi connectivity index (χ3v) is 3.96. The van der Waals surface area contributed by atoms with E-state index in [0.717, 1.165) is 5.56 Å². The van der Waals surface area contributed by atoms with Crippen LogP contribution < -0.4 is 4.72 Å². The lowest BCUT2D eigenvalue weighted by Crippen LogP contribution is -2.23. The van der Waals surface area contributed by atoms with Crippen molar-refractivity contribution >= 4 is 10.0 Å². The molecule has 19 heavy (non-hydrogen) atoms. The van der Waals surface area contributed by atoms with Crippen LogP contribution in [0, 0.1) is 0 Å². The van der Waals surface area contributed by atoms with Gasteiger partial charge in [-0.3, -0.25) is 9.67 Å². The van der Waals surface area contributed by atoms with Gasteiger partial charge in [0.2, 0.25) is 10.0 Å². The Kier molecular flexibility index (Phi) is 3.96. The quantitative estimate of drug-likeness (QED) is 0.896. The molecule has 0 aromatic carbocycles. The smallest absolute Gasteiger partial charge is 0.243 e. The van der Waals surface area contributed by atoms with E-state index in [1.54, 1.807) is 23.1 Å². The van der Waals surface area contributed by atoms with Crippen LogP contribution in [0.4, 0.5) is 0 Å². The second-order valence-corrected chi connectivity index (χ2v) is 6.20. The fraction of sp³-hybridized carbons (Fsp3) is 0.333. The van der Waals surface area contributed by atoms with Crippen molar-refractivity contribution in [2.75, 3.05) is 0 Å². The van der Waals surface area contributed by atoms with Gasteiger partial charge in [0.05, 0.1) is 6.20 Å². The molecule has 2 aromatic rings. The first-order valence-electron chi connectivity index (χ1n) is 5.92. The molecule has 2 heterocycles. The molecule has 0 aliphatic rings. The van der Waals surface area contributed by atoms with Crippen LogP contribution in [0.15, 0.2) is 41.8 Å². The summed E-state index contributed by atoms with van der Waals surface area (Å²) in [7, 11) is -3.53. The third-order valence-electron chi connectivity index (χ3n) is 2.61. The Bertz CT molecular complexity index is 635. The molecule has 0 saturated carbocycles. The maximum Gasteiger partial charge on any atom is 0.243 e. The highest BCUT2D eigenvalue weighted by Crippen LogP contribution is 2.11. The molecule has 102 valence electrons. The first-order valence-corrected chi connectivity index (χ1v) is 7.40. The normalized spacial score (nSPS) is 11.9. The molecule has 0 fully saturated rings. The van der Waals surface area contributed by atoms with E-state index >= 15 is 0 Å². The van der Waals surface area contributed by atoms with Crippen LogP contribution in [0.2, 0.25) is 0 Å². The zero-order chi connectivity index (χ0) is 13.9. The zero-order valence-electron chi connectivity index (χ0n) is 10.8. The van der Waals surface area contributed by atoms with E-state index in [2.05, 4.69) is 14.8 Å². The van der Waals surface area contributed by atoms with Crippen molar-refractivity contribution in [3.8, 4) is 0 Å². The van der Waals surface area contributed by atoms with Crippen LogP contribution >= 0.6 is 0 Å². The van der Waals surface area contributed by atoms with Crippen LogP contribution in [0.25, 0.3) is 0 Å². The first-order chi connectivity index (χ1) is 8.99. The Morgan fingerprint density at radius 1 is 1.37 bits per heavy atom. The Morgan fingerprint density at radius 2 is 2.16 bits per heavy atom. The van der Waals surface area contributed by atoms with Crippen molar-refractivity contribution in [2.45, 2.75) is 31.3 Å². The molecule has 2 aromatic heterocycles. The van der Waals surface area contributed by atoms with Crippen LogP contribution in [-0.2, 0) is 16.6 Å². The van der Waals surface area contributed by atoms with Gasteiger partial charge >= 0.3 is 0 Å². The molecule has 0 atom stereocenters. The van der Waals surface area contributed by atoms with Crippen molar-refractivity contribution in [1.82, 2.24) is 19.5 Å². The van der Waals surface area contributed by atoms with Crippen LogP contribution in [0.5, 0.6) is 0 Å². The molecule has 6 nitrogen and oxygen atoms in total. The van der Waals surface area contributed by atoms with Crippen molar-refractivity contribution in [1.29, 1.82) is 0 Å². The van der Waals surface area contributed by atoms with Crippen LogP contribution in [-0.4, -0.2) is 23.2 Å². The Labute approximate surface area is 112 Å². The molecule has 0 bridgehead atoms. The van der Waals surface area contributed by atoms with E-state index in [0.29, 0.717) is 0 Å². The van der Waals surface area contributed by atoms with Gasteiger partial charge in [-0.15, -0.1) is 0 Å². The van der Waals surface area contributed by atoms with Gasteiger partial charge in [0.25, 0.3) is 0 Å². The summed E-state index contributed by atoms with van der Waals surface area (Å²) in [5.74, 6) is 0. The van der Waals surface area contributed by atoms with Gasteiger partial charge < -0.3 is 0 Å². The van der Waals surface area contributed by atoms with E-state index in [9.17, 15) is 8.42 Å². The molecule has 0 aliphatic heterocycles. The lowest BCUT2D eigenvalue weighted by Gasteiger charge is -2.05. The van der Waals surface area contributed by atoms with Crippen LogP contribution in [0.3, 0.4) is 0 Å². The van der Waals surface area contributed by atoms with Gasteiger partial charge in [-0.1, -0.05) is 6.07 Å². The third kappa shape index (κ3) is 3.39. The van der Waals surface area contributed by atoms with Gasteiger partial charge in [0, 0.05) is 31.2 Å². The maximum atomic E-state index is 12.1. The molecule has 0 unspecified atom stereocenters. The fourth-order valence-corrected chi connectivity index (χ4v) is 2.46. The second kappa shape index (κ2) is 5.50. The number of hydrogen-bond acceptors (Lipinski definition) is 4. The van der Waals surface area contributed by atoms with Crippen molar-refractivity contribution < 1.29 is 8.42 Å². The molecule has 0 spiro atoms. The summed E-state index contributed by atoms with van der Waals surface area (Å²) in [6, 6.07) is 3.70. The molecular formula is C12H16N4O2S. The molecule has 0 saturated heterocycles. The topological polar surface area (TPSA) is 76.9 Å². The van der Waals surface area contributed by atoms with Crippen molar-refractivity contribution in [3.63, 3.8) is 0 Å². The fourth-order valence-electron chi connectivity index (χ4n) is 1.51. The highest BCUT2D eigenvalue weighted by molar-refractivity contribution is 7.89. The first kappa shape index (κ1) is 13.7. The summed E-state index contributed by atoms with van der Waals surface area (Å²) in [5, 5.41) is 4.02. The minimum absolute atomic E-state index is 0.127. The van der Waals surface area contributed by atoms with Gasteiger partial charge in [-0.25, -0.2) is 13.1 Å². The number of nitrogens with zero attached hydrogens (tertiary/aromatic N) is 3. The number of rotatable bonds is 5. The number of aromatic nitrogens is 3. The number of hydrogen-bond donors (Lipinski definition) is 1. The maximum absolute atomic E-state index is 12.1. The molecule has 2 rings (SSSR count). The van der Waals surface area contributed by atoms with E-state index in [-0.39, 0.29) is 17.5 Å². The van der Waals surface area contributed by atoms with Gasteiger partial charge in [-0.2, -0.15) is 5.10 Å². The number of nitrogens with one attached hydrogen (secondary N) is 1. The number of sulfonamides is 1. The summed E-state index contributed by atoms with van der Waals surface area (Å²) in [4.78, 5) is 4.11. The summed E-state index contributed by atoms with van der Waals surface area (Å²) >= 11 is 0. The SMILES string of the molecule is CC(C)n1cc(S(=O)(=O)NCc2cccnc2)cn1. The second-order valence-electron chi connectivity index (χ2n) is 4.44. The number of pyridine rings is 1. The highest BCUT2D eigenvalue weighted by Gasteiger charge is 2.16. The summed E-state index contributed by atoms with van der Waals surface area (Å²) < 4.78 is 28.2. The minimum atomic E-state index is -3.53. The average molecular weight is 280 g/mol. The monoisotopic (exact) mass is 280 g/mol. The Morgan fingerprint density at radius 3 is 2.74 bits per heavy atom. The molecule has 1 N–H and O–H groups in total. The molecule has 0 aliphatic carbocycles. The summed E-state index contributed by atoms with van der Waals surface area (Å²) in [6.07, 6.45) is 6.15. The standard InChI is InChI=1S/C12H16N4O2S/c1-10(2)16-9-12(8-14-16)19(17,18)15-7-11-4-3-5-13-6-11/h3-6,8-10,15H,7H2,1-2H3. The van der Waals surface area contributed by atoms with E-state index in [4.69, 9.17) is 0 Å². The summed E-state index contributed by atoms with van der Waals surface area (Å²) in [5.41, 5.74) is 0.808. The Hall–Kier alpha value is -1.73. The van der Waals surface area contributed by atoms with E-state index in [1.165, 1.54) is 12.4 Å². The van der Waals surface area contributed by atoms with Gasteiger partial charge in [0.1, 0.15) is 4.90 Å². The van der Waals surface area contributed by atoms with Crippen LogP contribution in [0.1, 0.15) is 25.5 Å². The Balaban J connectivity index is 2.09. The van der Waals surface area contributed by atoms with Gasteiger partial charge in [0.15, 0.2) is 0 Å². The highest BCUT2D eigenvalue weighted by atomic mass is 32.2. The predicted octanol–water partition coefficient (Wildman–Crippen LogP) is 1.34. The van der Waals surface area contributed by atoms with E-state index < -0.39 is 10.0 Å². The average Bonchev–Trinajstić information content (AvgIpc) is 2.88. The zero-order valence-corrected chi connectivity index (χ0v) is 11.6. The van der Waals surface area contributed by atoms with Crippen molar-refractivity contribution in [3.05, 3.63) is 42.5 Å². The van der Waals surface area contributed by atoms with E-state index in [1.807, 2.05) is 19.9 Å². The lowest BCUT2D eigenvalue weighted by atomic mass is 10.3.